The van der Waals surface area contributed by atoms with Gasteiger partial charge in [0.2, 0.25) is 0 Å². The highest BCUT2D eigenvalue weighted by Gasteiger charge is 1.79. The molecule has 0 aromatic heterocycles. The predicted octanol–water partition coefficient (Wildman–Crippen LogP) is 2.68. The first-order valence-corrected chi connectivity index (χ1v) is 2.76. The normalized spacial score (nSPS) is 7.62. The van der Waals surface area contributed by atoms with Crippen LogP contribution in [0.15, 0.2) is 30.5 Å². The van der Waals surface area contributed by atoms with Crippen molar-refractivity contribution in [1.82, 2.24) is 0 Å². The zero-order chi connectivity index (χ0) is 6.41. The van der Waals surface area contributed by atoms with Gasteiger partial charge in [-0.25, -0.2) is 0 Å². The van der Waals surface area contributed by atoms with Crippen molar-refractivity contribution < 1.29 is 0 Å². The van der Waals surface area contributed by atoms with Gasteiger partial charge < -0.3 is 0 Å². The first-order chi connectivity index (χ1) is 3.77. The van der Waals surface area contributed by atoms with Crippen LogP contribution in [-0.4, -0.2) is 0 Å². The van der Waals surface area contributed by atoms with Gasteiger partial charge in [-0.1, -0.05) is 12.2 Å². The molecule has 0 rings (SSSR count). The van der Waals surface area contributed by atoms with Gasteiger partial charge >= 0.3 is 0 Å². The molecule has 0 heterocycles. The second kappa shape index (κ2) is 4.42. The summed E-state index contributed by atoms with van der Waals surface area (Å²) in [4.78, 5) is 0. The predicted molar refractivity (Wildman–Crippen MR) is 37.8 cm³/mol. The lowest BCUT2D eigenvalue weighted by atomic mass is 10.2. The van der Waals surface area contributed by atoms with Crippen LogP contribution in [0.1, 0.15) is 19.8 Å². The van der Waals surface area contributed by atoms with E-state index in [-0.39, 0.29) is 0 Å². The lowest BCUT2D eigenvalue weighted by molar-refractivity contribution is 0.985. The summed E-state index contributed by atoms with van der Waals surface area (Å²) in [6.45, 7) is 9.23. The standard InChI is InChI=1S/C8H12/c1-4-5-6-7-8(2)3/h5H,1-2,6-7H2,3H3. The van der Waals surface area contributed by atoms with E-state index in [1.54, 1.807) is 0 Å². The molecule has 0 unspecified atom stereocenters. The quantitative estimate of drug-likeness (QED) is 0.385. The van der Waals surface area contributed by atoms with Crippen LogP contribution < -0.4 is 0 Å². The number of rotatable bonds is 3. The molecule has 0 spiro atoms. The minimum Gasteiger partial charge on any atom is -0.133 e. The van der Waals surface area contributed by atoms with Crippen LogP contribution in [0.4, 0.5) is 0 Å². The van der Waals surface area contributed by atoms with Crippen LogP contribution >= 0.6 is 0 Å². The minimum absolute atomic E-state index is 1.03. The highest BCUT2D eigenvalue weighted by molar-refractivity contribution is 4.91. The van der Waals surface area contributed by atoms with E-state index in [0.717, 1.165) is 12.8 Å². The van der Waals surface area contributed by atoms with Crippen molar-refractivity contribution in [3.63, 3.8) is 0 Å². The van der Waals surface area contributed by atoms with Gasteiger partial charge in [-0.2, -0.15) is 0 Å². The van der Waals surface area contributed by atoms with E-state index in [1.807, 2.05) is 13.0 Å². The van der Waals surface area contributed by atoms with E-state index in [9.17, 15) is 0 Å². The molecule has 44 valence electrons. The second-order valence-electron chi connectivity index (χ2n) is 1.90. The maximum Gasteiger partial charge on any atom is -0.0237 e. The van der Waals surface area contributed by atoms with E-state index in [0.29, 0.717) is 0 Å². The van der Waals surface area contributed by atoms with Crippen LogP contribution in [0.25, 0.3) is 0 Å². The molecule has 0 amide bonds. The Hall–Kier alpha value is -0.740. The fourth-order valence-electron chi connectivity index (χ4n) is 0.421. The molecule has 0 atom stereocenters. The highest BCUT2D eigenvalue weighted by Crippen LogP contribution is 1.99. The SMILES string of the molecule is C=C=CCCC(=C)C. The molecule has 0 fully saturated rings. The summed E-state index contributed by atoms with van der Waals surface area (Å²) in [6.07, 6.45) is 4.01. The Morgan fingerprint density at radius 3 is 2.75 bits per heavy atom. The van der Waals surface area contributed by atoms with Crippen LogP contribution in [0.2, 0.25) is 0 Å². The van der Waals surface area contributed by atoms with Gasteiger partial charge in [0.1, 0.15) is 0 Å². The first-order valence-electron chi connectivity index (χ1n) is 2.76. The lowest BCUT2D eigenvalue weighted by Crippen LogP contribution is -1.68. The Morgan fingerprint density at radius 1 is 1.75 bits per heavy atom. The van der Waals surface area contributed by atoms with Crippen molar-refractivity contribution >= 4 is 0 Å². The zero-order valence-electron chi connectivity index (χ0n) is 5.41. The molecule has 0 saturated carbocycles. The molecular formula is C8H12. The van der Waals surface area contributed by atoms with Gasteiger partial charge in [-0.3, -0.25) is 0 Å². The largest absolute Gasteiger partial charge is 0.133 e. The van der Waals surface area contributed by atoms with Gasteiger partial charge in [0.05, 0.1) is 0 Å². The highest BCUT2D eigenvalue weighted by atomic mass is 13.8. The summed E-state index contributed by atoms with van der Waals surface area (Å²) in [5.74, 6) is 0. The molecular weight excluding hydrogens is 96.1 g/mol. The molecule has 0 N–H and O–H groups in total. The molecule has 0 aliphatic carbocycles. The molecule has 0 bridgehead atoms. The van der Waals surface area contributed by atoms with E-state index < -0.39 is 0 Å². The summed E-state index contributed by atoms with van der Waals surface area (Å²) < 4.78 is 0. The second-order valence-corrected chi connectivity index (χ2v) is 1.90. The van der Waals surface area contributed by atoms with Gasteiger partial charge in [0.25, 0.3) is 0 Å². The fourth-order valence-corrected chi connectivity index (χ4v) is 0.421. The Labute approximate surface area is 51.2 Å². The van der Waals surface area contributed by atoms with Gasteiger partial charge in [0.15, 0.2) is 0 Å². The molecule has 0 aliphatic rings. The summed E-state index contributed by atoms with van der Waals surface area (Å²) in [7, 11) is 0. The monoisotopic (exact) mass is 108 g/mol. The van der Waals surface area contributed by atoms with E-state index in [1.165, 1.54) is 5.57 Å². The van der Waals surface area contributed by atoms with Crippen LogP contribution in [-0.2, 0) is 0 Å². The first kappa shape index (κ1) is 7.26. The Morgan fingerprint density at radius 2 is 2.38 bits per heavy atom. The zero-order valence-corrected chi connectivity index (χ0v) is 5.41. The number of allylic oxidation sites excluding steroid dienone is 2. The molecule has 0 heteroatoms. The molecule has 8 heavy (non-hydrogen) atoms. The Bertz CT molecular complexity index is 112. The lowest BCUT2D eigenvalue weighted by Gasteiger charge is -1.88. The minimum atomic E-state index is 1.03. The maximum absolute atomic E-state index is 3.76. The summed E-state index contributed by atoms with van der Waals surface area (Å²) in [5.41, 5.74) is 3.93. The Balaban J connectivity index is 3.18. The van der Waals surface area contributed by atoms with Crippen molar-refractivity contribution in [3.05, 3.63) is 30.5 Å². The molecule has 0 aromatic rings. The van der Waals surface area contributed by atoms with Crippen LogP contribution in [0, 0.1) is 0 Å². The molecule has 0 saturated heterocycles. The summed E-state index contributed by atoms with van der Waals surface area (Å²) >= 11 is 0. The third-order valence-corrected chi connectivity index (χ3v) is 0.860. The molecule has 0 aromatic carbocycles. The molecule has 0 aliphatic heterocycles. The van der Waals surface area contributed by atoms with Crippen molar-refractivity contribution in [2.45, 2.75) is 19.8 Å². The van der Waals surface area contributed by atoms with Gasteiger partial charge in [0, 0.05) is 0 Å². The fraction of sp³-hybridized carbons (Fsp3) is 0.375. The number of hydrogen-bond donors (Lipinski definition) is 0. The van der Waals surface area contributed by atoms with Crippen LogP contribution in [0.3, 0.4) is 0 Å². The number of hydrogen-bond acceptors (Lipinski definition) is 0. The van der Waals surface area contributed by atoms with Gasteiger partial charge in [-0.15, -0.1) is 12.3 Å². The van der Waals surface area contributed by atoms with E-state index in [2.05, 4.69) is 18.9 Å². The average Bonchev–Trinajstić information content (AvgIpc) is 1.66. The summed E-state index contributed by atoms with van der Waals surface area (Å²) in [5, 5.41) is 0. The van der Waals surface area contributed by atoms with Crippen LogP contribution in [0.5, 0.6) is 0 Å². The van der Waals surface area contributed by atoms with Crippen molar-refractivity contribution in [3.8, 4) is 0 Å². The Kier molecular flexibility index (Phi) is 4.01. The molecule has 0 radical (unpaired) electrons. The van der Waals surface area contributed by atoms with Gasteiger partial charge in [-0.05, 0) is 25.8 Å². The third kappa shape index (κ3) is 5.26. The van der Waals surface area contributed by atoms with Crippen molar-refractivity contribution in [2.75, 3.05) is 0 Å². The van der Waals surface area contributed by atoms with Crippen molar-refractivity contribution in [1.29, 1.82) is 0 Å². The maximum atomic E-state index is 3.76. The molecule has 0 nitrogen and oxygen atoms in total. The smallest absolute Gasteiger partial charge is 0.0237 e. The average molecular weight is 108 g/mol. The van der Waals surface area contributed by atoms with E-state index in [4.69, 9.17) is 0 Å². The van der Waals surface area contributed by atoms with Crippen molar-refractivity contribution in [2.24, 2.45) is 0 Å². The topological polar surface area (TPSA) is 0 Å². The third-order valence-electron chi connectivity index (χ3n) is 0.860. The van der Waals surface area contributed by atoms with E-state index >= 15 is 0 Å². The summed E-state index contributed by atoms with van der Waals surface area (Å²) in [6, 6.07) is 0.